The van der Waals surface area contributed by atoms with Gasteiger partial charge in [-0.15, -0.1) is 0 Å². The smallest absolute Gasteiger partial charge is 0.0802 e. The lowest BCUT2D eigenvalue weighted by molar-refractivity contribution is 0.567. The van der Waals surface area contributed by atoms with Gasteiger partial charge >= 0.3 is 0 Å². The molecule has 0 bridgehead atoms. The van der Waals surface area contributed by atoms with Crippen LogP contribution in [0.1, 0.15) is 63.9 Å². The molecule has 0 atom stereocenters. The van der Waals surface area contributed by atoms with E-state index < -0.39 is 0 Å². The van der Waals surface area contributed by atoms with Gasteiger partial charge in [0.15, 0.2) is 0 Å². The molecule has 0 aliphatic carbocycles. The first-order valence-corrected chi connectivity index (χ1v) is 8.06. The van der Waals surface area contributed by atoms with Crippen LogP contribution in [0.3, 0.4) is 0 Å². The van der Waals surface area contributed by atoms with Gasteiger partial charge in [0.2, 0.25) is 0 Å². The van der Waals surface area contributed by atoms with Crippen LogP contribution < -0.4 is 0 Å². The van der Waals surface area contributed by atoms with E-state index in [9.17, 15) is 0 Å². The minimum atomic E-state index is -0.273. The summed E-state index contributed by atoms with van der Waals surface area (Å²) in [4.78, 5) is 0. The molecule has 0 fully saturated rings. The molecule has 0 aliphatic rings. The van der Waals surface area contributed by atoms with Crippen molar-refractivity contribution in [3.8, 4) is 0 Å². The summed E-state index contributed by atoms with van der Waals surface area (Å²) in [7, 11) is 0. The van der Waals surface area contributed by atoms with Gasteiger partial charge in [0, 0.05) is 0 Å². The molecular weight excluding hydrogens is 256 g/mol. The molecule has 0 N–H and O–H groups in total. The lowest BCUT2D eigenvalue weighted by Gasteiger charge is -2.23. The second-order valence-electron chi connectivity index (χ2n) is 5.05. The van der Waals surface area contributed by atoms with Crippen molar-refractivity contribution in [1.82, 2.24) is 0 Å². The van der Waals surface area contributed by atoms with E-state index >= 15 is 0 Å². The van der Waals surface area contributed by atoms with Gasteiger partial charge in [0.25, 0.3) is 0 Å². The average molecular weight is 283 g/mol. The Bertz CT molecular complexity index is 306. The van der Waals surface area contributed by atoms with Crippen molar-refractivity contribution in [3.05, 3.63) is 35.9 Å². The van der Waals surface area contributed by atoms with E-state index in [0.717, 1.165) is 6.42 Å². The molecule has 0 aromatic heterocycles. The van der Waals surface area contributed by atoms with Gasteiger partial charge in [-0.2, -0.15) is 25.3 Å². The Morgan fingerprint density at radius 2 is 1.39 bits per heavy atom. The number of hydrogen-bond donors (Lipinski definition) is 2. The van der Waals surface area contributed by atoms with E-state index in [1.807, 2.05) is 6.07 Å². The molecule has 0 heterocycles. The first-order chi connectivity index (χ1) is 8.67. The van der Waals surface area contributed by atoms with Crippen LogP contribution in [0.15, 0.2) is 30.3 Å². The van der Waals surface area contributed by atoms with Crippen LogP contribution in [0, 0.1) is 0 Å². The van der Waals surface area contributed by atoms with Crippen molar-refractivity contribution in [1.29, 1.82) is 0 Å². The number of thiol groups is 2. The second-order valence-corrected chi connectivity index (χ2v) is 6.93. The summed E-state index contributed by atoms with van der Waals surface area (Å²) < 4.78 is -0.273. The molecule has 0 unspecified atom stereocenters. The van der Waals surface area contributed by atoms with Crippen molar-refractivity contribution >= 4 is 25.3 Å². The molecule has 0 aliphatic heterocycles. The molecule has 1 rings (SSSR count). The molecule has 0 spiro atoms. The summed E-state index contributed by atoms with van der Waals surface area (Å²) in [6, 6.07) is 10.4. The van der Waals surface area contributed by atoms with Gasteiger partial charge in [-0.25, -0.2) is 0 Å². The number of hydrogen-bond acceptors (Lipinski definition) is 2. The third-order valence-corrected chi connectivity index (χ3v) is 4.33. The molecule has 1 aromatic carbocycles. The first-order valence-electron chi connectivity index (χ1n) is 7.17. The lowest BCUT2D eigenvalue weighted by atomic mass is 10.0. The fraction of sp³-hybridized carbons (Fsp3) is 0.625. The van der Waals surface area contributed by atoms with E-state index in [0.29, 0.717) is 0 Å². The van der Waals surface area contributed by atoms with E-state index in [-0.39, 0.29) is 4.08 Å². The zero-order valence-corrected chi connectivity index (χ0v) is 13.2. The van der Waals surface area contributed by atoms with Crippen molar-refractivity contribution < 1.29 is 0 Å². The molecule has 1 aromatic rings. The van der Waals surface area contributed by atoms with E-state index in [4.69, 9.17) is 25.3 Å². The quantitative estimate of drug-likeness (QED) is 0.317. The fourth-order valence-electron chi connectivity index (χ4n) is 2.18. The molecule has 102 valence electrons. The largest absolute Gasteiger partial charge is 0.157 e. The van der Waals surface area contributed by atoms with Crippen LogP contribution in [-0.2, 0) is 4.08 Å². The molecule has 0 radical (unpaired) electrons. The normalized spacial score (nSPS) is 11.7. The zero-order chi connectivity index (χ0) is 13.3. The summed E-state index contributed by atoms with van der Waals surface area (Å²) in [5.41, 5.74) is 1.21. The van der Waals surface area contributed by atoms with E-state index in [1.165, 1.54) is 50.5 Å². The van der Waals surface area contributed by atoms with Gasteiger partial charge < -0.3 is 0 Å². The highest BCUT2D eigenvalue weighted by Crippen LogP contribution is 2.37. The summed E-state index contributed by atoms with van der Waals surface area (Å²) >= 11 is 9.40. The topological polar surface area (TPSA) is 0 Å². The highest BCUT2D eigenvalue weighted by Gasteiger charge is 2.21. The predicted octanol–water partition coefficient (Wildman–Crippen LogP) is 5.84. The van der Waals surface area contributed by atoms with Crippen LogP contribution in [0.5, 0.6) is 0 Å². The molecular formula is C16H26S2. The maximum Gasteiger partial charge on any atom is 0.0802 e. The Morgan fingerprint density at radius 3 is 2.00 bits per heavy atom. The Labute approximate surface area is 123 Å². The monoisotopic (exact) mass is 282 g/mol. The maximum absolute atomic E-state index is 4.70. The molecule has 0 saturated carbocycles. The predicted molar refractivity (Wildman–Crippen MR) is 88.7 cm³/mol. The number of unbranched alkanes of at least 4 members (excludes halogenated alkanes) is 6. The van der Waals surface area contributed by atoms with Crippen molar-refractivity contribution in [2.45, 2.75) is 62.4 Å². The van der Waals surface area contributed by atoms with Gasteiger partial charge in [-0.05, 0) is 12.0 Å². The first kappa shape index (κ1) is 16.0. The third kappa shape index (κ3) is 6.19. The number of rotatable bonds is 9. The van der Waals surface area contributed by atoms with Gasteiger partial charge in [0.1, 0.15) is 0 Å². The average Bonchev–Trinajstić information content (AvgIpc) is 2.39. The van der Waals surface area contributed by atoms with E-state index in [2.05, 4.69) is 31.2 Å². The van der Waals surface area contributed by atoms with Gasteiger partial charge in [-0.3, -0.25) is 0 Å². The molecule has 2 heteroatoms. The lowest BCUT2D eigenvalue weighted by Crippen LogP contribution is -2.10. The molecule has 0 nitrogen and oxygen atoms in total. The Kier molecular flexibility index (Phi) is 7.92. The number of benzene rings is 1. The highest BCUT2D eigenvalue weighted by molar-refractivity contribution is 7.99. The van der Waals surface area contributed by atoms with E-state index in [1.54, 1.807) is 0 Å². The van der Waals surface area contributed by atoms with Gasteiger partial charge in [-0.1, -0.05) is 82.2 Å². The Morgan fingerprint density at radius 1 is 0.833 bits per heavy atom. The van der Waals surface area contributed by atoms with Crippen molar-refractivity contribution in [2.75, 3.05) is 0 Å². The minimum Gasteiger partial charge on any atom is -0.157 e. The summed E-state index contributed by atoms with van der Waals surface area (Å²) in [6.45, 7) is 2.26. The van der Waals surface area contributed by atoms with Crippen LogP contribution in [-0.4, -0.2) is 0 Å². The summed E-state index contributed by atoms with van der Waals surface area (Å²) in [6.07, 6.45) is 10.4. The summed E-state index contributed by atoms with van der Waals surface area (Å²) in [5, 5.41) is 0. The van der Waals surface area contributed by atoms with Gasteiger partial charge in [0.05, 0.1) is 4.08 Å². The second kappa shape index (κ2) is 8.92. The molecule has 0 saturated heterocycles. The van der Waals surface area contributed by atoms with Crippen LogP contribution in [0.25, 0.3) is 0 Å². The fourth-order valence-corrected chi connectivity index (χ4v) is 2.79. The summed E-state index contributed by atoms with van der Waals surface area (Å²) in [5.74, 6) is 0. The zero-order valence-electron chi connectivity index (χ0n) is 11.4. The Hall–Kier alpha value is -0.0800. The van der Waals surface area contributed by atoms with Crippen molar-refractivity contribution in [2.24, 2.45) is 0 Å². The van der Waals surface area contributed by atoms with Crippen LogP contribution >= 0.6 is 25.3 Å². The standard InChI is InChI=1S/C16H26S2/c1-2-3-4-5-6-7-11-14-16(17,18)15-12-9-8-10-13-15/h8-10,12-13,17-18H,2-7,11,14H2,1H3. The minimum absolute atomic E-state index is 0.273. The Balaban J connectivity index is 2.18. The maximum atomic E-state index is 4.70. The van der Waals surface area contributed by atoms with Crippen molar-refractivity contribution in [3.63, 3.8) is 0 Å². The third-order valence-electron chi connectivity index (χ3n) is 3.37. The molecule has 0 amide bonds. The molecule has 18 heavy (non-hydrogen) atoms. The van der Waals surface area contributed by atoms with Crippen LogP contribution in [0.2, 0.25) is 0 Å². The highest BCUT2D eigenvalue weighted by atomic mass is 32.2. The van der Waals surface area contributed by atoms with Crippen LogP contribution in [0.4, 0.5) is 0 Å². The SMILES string of the molecule is CCCCCCCCCC(S)(S)c1ccccc1.